The molecule has 1 N–H and O–H groups in total. The Morgan fingerprint density at radius 1 is 1.05 bits per heavy atom. The molecule has 4 nitrogen and oxygen atoms in total. The van der Waals surface area contributed by atoms with Gasteiger partial charge in [-0.25, -0.2) is 0 Å². The van der Waals surface area contributed by atoms with E-state index in [0.29, 0.717) is 0 Å². The van der Waals surface area contributed by atoms with E-state index in [1.165, 1.54) is 0 Å². The van der Waals surface area contributed by atoms with E-state index in [4.69, 9.17) is 14.2 Å². The largest absolute Gasteiger partial charge is 0.492 e. The summed E-state index contributed by atoms with van der Waals surface area (Å²) >= 11 is 0. The van der Waals surface area contributed by atoms with Crippen LogP contribution in [0.2, 0.25) is 0 Å². The predicted octanol–water partition coefficient (Wildman–Crippen LogP) is 2.32. The monoisotopic (exact) mass is 276 g/mol. The van der Waals surface area contributed by atoms with E-state index >= 15 is 0 Å². The SMILES string of the molecule is COc1c2c(c(C3(O)CC3)c3c1OC(C)C3)OC(C)C2. The summed E-state index contributed by atoms with van der Waals surface area (Å²) in [5.41, 5.74) is 2.40. The highest BCUT2D eigenvalue weighted by Gasteiger charge is 2.50. The fourth-order valence-corrected chi connectivity index (χ4v) is 3.55. The van der Waals surface area contributed by atoms with E-state index in [-0.39, 0.29) is 12.2 Å². The number of fused-ring (bicyclic) bond motifs is 2. The summed E-state index contributed by atoms with van der Waals surface area (Å²) in [4.78, 5) is 0. The van der Waals surface area contributed by atoms with Crippen molar-refractivity contribution >= 4 is 0 Å². The van der Waals surface area contributed by atoms with Crippen molar-refractivity contribution in [3.8, 4) is 17.2 Å². The van der Waals surface area contributed by atoms with Crippen molar-refractivity contribution in [1.82, 2.24) is 0 Å². The van der Waals surface area contributed by atoms with Gasteiger partial charge in [0.15, 0.2) is 11.5 Å². The van der Waals surface area contributed by atoms with Gasteiger partial charge in [-0.05, 0) is 26.7 Å². The number of benzene rings is 1. The molecule has 2 unspecified atom stereocenters. The Balaban J connectivity index is 2.00. The molecule has 0 spiro atoms. The van der Waals surface area contributed by atoms with Crippen molar-refractivity contribution in [3.05, 3.63) is 16.7 Å². The summed E-state index contributed by atoms with van der Waals surface area (Å²) in [6.45, 7) is 4.10. The average molecular weight is 276 g/mol. The number of aliphatic hydroxyl groups is 1. The van der Waals surface area contributed by atoms with Crippen LogP contribution >= 0.6 is 0 Å². The Hall–Kier alpha value is -1.42. The minimum atomic E-state index is -0.710. The molecule has 0 amide bonds. The smallest absolute Gasteiger partial charge is 0.168 e. The molecule has 108 valence electrons. The van der Waals surface area contributed by atoms with Gasteiger partial charge in [-0.3, -0.25) is 0 Å². The second kappa shape index (κ2) is 3.82. The lowest BCUT2D eigenvalue weighted by Gasteiger charge is -2.20. The maximum absolute atomic E-state index is 10.7. The molecule has 3 aliphatic rings. The van der Waals surface area contributed by atoms with Crippen LogP contribution in [0.5, 0.6) is 17.2 Å². The van der Waals surface area contributed by atoms with Crippen molar-refractivity contribution in [2.45, 2.75) is 57.3 Å². The van der Waals surface area contributed by atoms with Crippen LogP contribution in [0, 0.1) is 0 Å². The quantitative estimate of drug-likeness (QED) is 0.900. The topological polar surface area (TPSA) is 47.9 Å². The Morgan fingerprint density at radius 3 is 2.25 bits per heavy atom. The van der Waals surface area contributed by atoms with Gasteiger partial charge in [-0.15, -0.1) is 0 Å². The van der Waals surface area contributed by atoms with Gasteiger partial charge in [0.25, 0.3) is 0 Å². The van der Waals surface area contributed by atoms with Crippen molar-refractivity contribution < 1.29 is 19.3 Å². The molecule has 1 aromatic rings. The molecule has 1 aliphatic carbocycles. The maximum atomic E-state index is 10.7. The minimum Gasteiger partial charge on any atom is -0.492 e. The summed E-state index contributed by atoms with van der Waals surface area (Å²) in [6, 6.07) is 0. The summed E-state index contributed by atoms with van der Waals surface area (Å²) in [6.07, 6.45) is 3.50. The van der Waals surface area contributed by atoms with Crippen molar-refractivity contribution in [2.75, 3.05) is 7.11 Å². The summed E-state index contributed by atoms with van der Waals surface area (Å²) in [5, 5.41) is 10.7. The molecule has 4 rings (SSSR count). The molecule has 0 aromatic heterocycles. The lowest BCUT2D eigenvalue weighted by atomic mass is 9.92. The van der Waals surface area contributed by atoms with Crippen LogP contribution in [0.1, 0.15) is 43.4 Å². The highest BCUT2D eigenvalue weighted by molar-refractivity contribution is 5.68. The van der Waals surface area contributed by atoms with Crippen LogP contribution in [0.3, 0.4) is 0 Å². The number of hydrogen-bond donors (Lipinski definition) is 1. The summed E-state index contributed by atoms with van der Waals surface area (Å²) < 4.78 is 17.6. The molecule has 1 saturated carbocycles. The first-order valence-corrected chi connectivity index (χ1v) is 7.35. The molecule has 2 atom stereocenters. The third kappa shape index (κ3) is 1.51. The highest BCUT2D eigenvalue weighted by Crippen LogP contribution is 2.59. The first kappa shape index (κ1) is 12.3. The molecule has 2 aliphatic heterocycles. The minimum absolute atomic E-state index is 0.125. The van der Waals surface area contributed by atoms with Crippen molar-refractivity contribution in [3.63, 3.8) is 0 Å². The molecule has 20 heavy (non-hydrogen) atoms. The normalized spacial score (nSPS) is 28.4. The van der Waals surface area contributed by atoms with Gasteiger partial charge >= 0.3 is 0 Å². The van der Waals surface area contributed by atoms with Crippen LogP contribution in [0.25, 0.3) is 0 Å². The van der Waals surface area contributed by atoms with E-state index in [0.717, 1.165) is 59.6 Å². The molecule has 0 radical (unpaired) electrons. The van der Waals surface area contributed by atoms with Crippen LogP contribution < -0.4 is 14.2 Å². The second-order valence-electron chi connectivity index (χ2n) is 6.32. The van der Waals surface area contributed by atoms with E-state index in [2.05, 4.69) is 13.8 Å². The van der Waals surface area contributed by atoms with Gasteiger partial charge in [0.05, 0.1) is 12.7 Å². The molecule has 2 heterocycles. The van der Waals surface area contributed by atoms with Gasteiger partial charge in [-0.2, -0.15) is 0 Å². The fraction of sp³-hybridized carbons (Fsp3) is 0.625. The summed E-state index contributed by atoms with van der Waals surface area (Å²) in [5.74, 6) is 2.48. The molecule has 0 saturated heterocycles. The second-order valence-corrected chi connectivity index (χ2v) is 6.32. The highest BCUT2D eigenvalue weighted by atomic mass is 16.5. The number of hydrogen-bond acceptors (Lipinski definition) is 4. The van der Waals surface area contributed by atoms with Gasteiger partial charge in [0, 0.05) is 29.5 Å². The fourth-order valence-electron chi connectivity index (χ4n) is 3.55. The van der Waals surface area contributed by atoms with Gasteiger partial charge in [0.2, 0.25) is 0 Å². The number of rotatable bonds is 2. The molecule has 1 fully saturated rings. The zero-order valence-corrected chi connectivity index (χ0v) is 12.2. The molecular formula is C16H20O4. The Labute approximate surface area is 118 Å². The van der Waals surface area contributed by atoms with Crippen molar-refractivity contribution in [1.29, 1.82) is 0 Å². The van der Waals surface area contributed by atoms with E-state index < -0.39 is 5.60 Å². The molecule has 4 heteroatoms. The summed E-state index contributed by atoms with van der Waals surface area (Å²) in [7, 11) is 1.68. The molecular weight excluding hydrogens is 256 g/mol. The van der Waals surface area contributed by atoms with Crippen LogP contribution in [0.4, 0.5) is 0 Å². The number of ether oxygens (including phenoxy) is 3. The Bertz CT molecular complexity index is 550. The van der Waals surface area contributed by atoms with Gasteiger partial charge in [0.1, 0.15) is 18.0 Å². The third-order valence-corrected chi connectivity index (χ3v) is 4.57. The number of methoxy groups -OCH3 is 1. The van der Waals surface area contributed by atoms with Crippen LogP contribution in [-0.2, 0) is 18.4 Å². The Morgan fingerprint density at radius 2 is 1.65 bits per heavy atom. The average Bonchev–Trinajstić information content (AvgIpc) is 2.83. The Kier molecular flexibility index (Phi) is 2.35. The van der Waals surface area contributed by atoms with Gasteiger partial charge in [-0.1, -0.05) is 0 Å². The molecule has 0 bridgehead atoms. The molecule has 1 aromatic carbocycles. The predicted molar refractivity (Wildman–Crippen MR) is 73.7 cm³/mol. The third-order valence-electron chi connectivity index (χ3n) is 4.57. The zero-order chi connectivity index (χ0) is 14.1. The van der Waals surface area contributed by atoms with E-state index in [1.54, 1.807) is 7.11 Å². The van der Waals surface area contributed by atoms with E-state index in [1.807, 2.05) is 0 Å². The van der Waals surface area contributed by atoms with Crippen LogP contribution in [-0.4, -0.2) is 24.4 Å². The van der Waals surface area contributed by atoms with Crippen LogP contribution in [0.15, 0.2) is 0 Å². The lowest BCUT2D eigenvalue weighted by Crippen LogP contribution is -2.12. The first-order valence-electron chi connectivity index (χ1n) is 7.35. The van der Waals surface area contributed by atoms with Crippen molar-refractivity contribution in [2.24, 2.45) is 0 Å². The van der Waals surface area contributed by atoms with E-state index in [9.17, 15) is 5.11 Å². The maximum Gasteiger partial charge on any atom is 0.168 e. The standard InChI is InChI=1S/C16H20O4/c1-8-6-10-12(16(17)4-5-16)13-11(7-9(2)19-13)14(18-3)15(10)20-8/h8-9,17H,4-7H2,1-3H3. The first-order chi connectivity index (χ1) is 9.53. The van der Waals surface area contributed by atoms with Gasteiger partial charge < -0.3 is 19.3 Å². The lowest BCUT2D eigenvalue weighted by molar-refractivity contribution is 0.143. The zero-order valence-electron chi connectivity index (χ0n) is 12.2.